The molecule has 2 rings (SSSR count). The van der Waals surface area contributed by atoms with Crippen molar-refractivity contribution in [2.75, 3.05) is 12.3 Å². The molecule has 1 unspecified atom stereocenters. The fourth-order valence-electron chi connectivity index (χ4n) is 2.97. The van der Waals surface area contributed by atoms with Crippen molar-refractivity contribution in [1.82, 2.24) is 5.32 Å². The number of hydrogen-bond acceptors (Lipinski definition) is 4. The zero-order valence-electron chi connectivity index (χ0n) is 13.3. The van der Waals surface area contributed by atoms with Gasteiger partial charge in [-0.2, -0.15) is 0 Å². The predicted molar refractivity (Wildman–Crippen MR) is 88.7 cm³/mol. The molecule has 1 aromatic rings. The number of carbonyl (C=O) groups excluding carboxylic acids is 1. The van der Waals surface area contributed by atoms with E-state index in [1.54, 1.807) is 18.2 Å². The maximum Gasteiger partial charge on any atom is 0.221 e. The van der Waals surface area contributed by atoms with E-state index < -0.39 is 15.9 Å². The highest BCUT2D eigenvalue weighted by Gasteiger charge is 2.22. The average molecular weight is 339 g/mol. The summed E-state index contributed by atoms with van der Waals surface area (Å²) >= 11 is 0. The van der Waals surface area contributed by atoms with Gasteiger partial charge in [-0.15, -0.1) is 0 Å². The van der Waals surface area contributed by atoms with Crippen LogP contribution in [0.3, 0.4) is 0 Å². The summed E-state index contributed by atoms with van der Waals surface area (Å²) in [4.78, 5) is 12.1. The Morgan fingerprint density at radius 1 is 1.17 bits per heavy atom. The molecule has 1 fully saturated rings. The van der Waals surface area contributed by atoms with Crippen LogP contribution in [-0.4, -0.2) is 37.8 Å². The maximum absolute atomic E-state index is 12.1. The van der Waals surface area contributed by atoms with Crippen LogP contribution in [0.1, 0.15) is 38.5 Å². The monoisotopic (exact) mass is 339 g/mol. The quantitative estimate of drug-likeness (QED) is 0.795. The molecule has 0 radical (unpaired) electrons. The van der Waals surface area contributed by atoms with Crippen LogP contribution in [0.5, 0.6) is 0 Å². The van der Waals surface area contributed by atoms with Crippen molar-refractivity contribution in [2.45, 2.75) is 49.5 Å². The van der Waals surface area contributed by atoms with Crippen LogP contribution in [0.15, 0.2) is 35.2 Å². The third-order valence-electron chi connectivity index (χ3n) is 4.40. The fourth-order valence-corrected chi connectivity index (χ4v) is 4.23. The zero-order valence-corrected chi connectivity index (χ0v) is 14.1. The Morgan fingerprint density at radius 2 is 1.83 bits per heavy atom. The normalized spacial score (nSPS) is 17.6. The molecule has 0 heterocycles. The van der Waals surface area contributed by atoms with Gasteiger partial charge in [-0.1, -0.05) is 37.5 Å². The second-order valence-corrected chi connectivity index (χ2v) is 8.26. The molecule has 23 heavy (non-hydrogen) atoms. The number of sulfone groups is 1. The largest absolute Gasteiger partial charge is 0.391 e. The lowest BCUT2D eigenvalue weighted by atomic mass is 9.85. The highest BCUT2D eigenvalue weighted by molar-refractivity contribution is 7.91. The molecule has 1 atom stereocenters. The van der Waals surface area contributed by atoms with Gasteiger partial charge in [0, 0.05) is 13.0 Å². The first kappa shape index (κ1) is 17.9. The molecule has 0 saturated heterocycles. The summed E-state index contributed by atoms with van der Waals surface area (Å²) in [5.74, 6) is -0.306. The van der Waals surface area contributed by atoms with Crippen molar-refractivity contribution < 1.29 is 18.3 Å². The van der Waals surface area contributed by atoms with Gasteiger partial charge in [0.15, 0.2) is 9.84 Å². The van der Waals surface area contributed by atoms with Crippen molar-refractivity contribution in [2.24, 2.45) is 5.92 Å². The van der Waals surface area contributed by atoms with E-state index in [1.807, 2.05) is 0 Å². The van der Waals surface area contributed by atoms with Crippen LogP contribution >= 0.6 is 0 Å². The van der Waals surface area contributed by atoms with Gasteiger partial charge >= 0.3 is 0 Å². The molecule has 6 heteroatoms. The molecular formula is C17H25NO4S. The van der Waals surface area contributed by atoms with Crippen molar-refractivity contribution >= 4 is 15.7 Å². The lowest BCUT2D eigenvalue weighted by Gasteiger charge is -2.26. The van der Waals surface area contributed by atoms with Gasteiger partial charge < -0.3 is 10.4 Å². The lowest BCUT2D eigenvalue weighted by Crippen LogP contribution is -2.37. The van der Waals surface area contributed by atoms with Gasteiger partial charge in [0.2, 0.25) is 5.91 Å². The molecule has 1 aliphatic rings. The van der Waals surface area contributed by atoms with Gasteiger partial charge in [0.05, 0.1) is 16.8 Å². The molecule has 0 bridgehead atoms. The van der Waals surface area contributed by atoms with E-state index in [4.69, 9.17) is 0 Å². The molecular weight excluding hydrogens is 314 g/mol. The summed E-state index contributed by atoms with van der Waals surface area (Å²) < 4.78 is 24.2. The second kappa shape index (κ2) is 8.45. The van der Waals surface area contributed by atoms with E-state index in [9.17, 15) is 18.3 Å². The van der Waals surface area contributed by atoms with Crippen molar-refractivity contribution in [3.63, 3.8) is 0 Å². The standard InChI is InChI=1S/C17H25NO4S/c19-16(14-7-3-1-4-8-14)13-18-17(20)11-12-23(21,22)15-9-5-2-6-10-15/h2,5-6,9-10,14,16,19H,1,3-4,7-8,11-13H2,(H,18,20). The lowest BCUT2D eigenvalue weighted by molar-refractivity contribution is -0.121. The molecule has 2 N–H and O–H groups in total. The van der Waals surface area contributed by atoms with Crippen LogP contribution in [0, 0.1) is 5.92 Å². The number of amides is 1. The Bertz CT molecular complexity index is 594. The average Bonchev–Trinajstić information content (AvgIpc) is 2.59. The second-order valence-electron chi connectivity index (χ2n) is 6.15. The Morgan fingerprint density at radius 3 is 2.48 bits per heavy atom. The third kappa shape index (κ3) is 5.62. The summed E-state index contributed by atoms with van der Waals surface area (Å²) in [6.45, 7) is 0.203. The summed E-state index contributed by atoms with van der Waals surface area (Å²) in [7, 11) is -3.44. The molecule has 1 aliphatic carbocycles. The minimum absolute atomic E-state index is 0.0887. The van der Waals surface area contributed by atoms with Crippen LogP contribution in [0.25, 0.3) is 0 Å². The van der Waals surface area contributed by atoms with Crippen molar-refractivity contribution in [1.29, 1.82) is 0 Å². The highest BCUT2D eigenvalue weighted by Crippen LogP contribution is 2.26. The topological polar surface area (TPSA) is 83.5 Å². The molecule has 0 aliphatic heterocycles. The van der Waals surface area contributed by atoms with Crippen LogP contribution < -0.4 is 5.32 Å². The number of nitrogens with one attached hydrogen (secondary N) is 1. The summed E-state index contributed by atoms with van der Waals surface area (Å²) in [6, 6.07) is 8.12. The molecule has 1 saturated carbocycles. The molecule has 1 amide bonds. The number of rotatable bonds is 7. The number of hydrogen-bond donors (Lipinski definition) is 2. The van der Waals surface area contributed by atoms with E-state index in [0.717, 1.165) is 25.7 Å². The number of aliphatic hydroxyl groups excluding tert-OH is 1. The number of aliphatic hydroxyl groups is 1. The Hall–Kier alpha value is -1.40. The molecule has 128 valence electrons. The van der Waals surface area contributed by atoms with Crippen molar-refractivity contribution in [3.8, 4) is 0 Å². The number of carbonyl (C=O) groups is 1. The highest BCUT2D eigenvalue weighted by atomic mass is 32.2. The van der Waals surface area contributed by atoms with E-state index in [0.29, 0.717) is 0 Å². The summed E-state index contributed by atoms with van der Waals surface area (Å²) in [5.41, 5.74) is 0. The first-order chi connectivity index (χ1) is 11.0. The SMILES string of the molecule is O=C(CCS(=O)(=O)c1ccccc1)NCC(O)C1CCCCC1. The van der Waals surface area contributed by atoms with Crippen molar-refractivity contribution in [3.05, 3.63) is 30.3 Å². The molecule has 5 nitrogen and oxygen atoms in total. The van der Waals surface area contributed by atoms with E-state index >= 15 is 0 Å². The van der Waals surface area contributed by atoms with Gasteiger partial charge in [-0.25, -0.2) is 8.42 Å². The Balaban J connectivity index is 1.74. The van der Waals surface area contributed by atoms with Crippen LogP contribution in [0.2, 0.25) is 0 Å². The van der Waals surface area contributed by atoms with Gasteiger partial charge in [-0.05, 0) is 30.9 Å². The maximum atomic E-state index is 12.1. The third-order valence-corrected chi connectivity index (χ3v) is 6.13. The van der Waals surface area contributed by atoms with E-state index in [-0.39, 0.29) is 35.4 Å². The van der Waals surface area contributed by atoms with E-state index in [1.165, 1.54) is 18.6 Å². The zero-order chi connectivity index (χ0) is 16.7. The van der Waals surface area contributed by atoms with Gasteiger partial charge in [0.25, 0.3) is 0 Å². The first-order valence-corrected chi connectivity index (χ1v) is 9.87. The predicted octanol–water partition coefficient (Wildman–Crippen LogP) is 1.91. The van der Waals surface area contributed by atoms with Crippen LogP contribution in [0.4, 0.5) is 0 Å². The minimum Gasteiger partial charge on any atom is -0.391 e. The first-order valence-electron chi connectivity index (χ1n) is 8.21. The summed E-state index contributed by atoms with van der Waals surface area (Å²) in [5, 5.41) is 12.7. The Labute approximate surface area is 138 Å². The molecule has 0 aromatic heterocycles. The van der Waals surface area contributed by atoms with Gasteiger partial charge in [0.1, 0.15) is 0 Å². The summed E-state index contributed by atoms with van der Waals surface area (Å²) in [6.07, 6.45) is 4.85. The van der Waals surface area contributed by atoms with E-state index in [2.05, 4.69) is 5.32 Å². The number of benzene rings is 1. The minimum atomic E-state index is -3.44. The van der Waals surface area contributed by atoms with Gasteiger partial charge in [-0.3, -0.25) is 4.79 Å². The molecule has 0 spiro atoms. The Kier molecular flexibility index (Phi) is 6.59. The smallest absolute Gasteiger partial charge is 0.221 e. The molecule has 1 aromatic carbocycles. The van der Waals surface area contributed by atoms with Crippen LogP contribution in [-0.2, 0) is 14.6 Å². The fraction of sp³-hybridized carbons (Fsp3) is 0.588.